The van der Waals surface area contributed by atoms with Gasteiger partial charge in [-0.2, -0.15) is 0 Å². The molecule has 1 heterocycles. The molecule has 1 aromatic rings. The Morgan fingerprint density at radius 2 is 1.90 bits per heavy atom. The van der Waals surface area contributed by atoms with E-state index in [0.717, 1.165) is 37.6 Å². The summed E-state index contributed by atoms with van der Waals surface area (Å²) in [5.41, 5.74) is 2.33. The number of piperazine rings is 1. The van der Waals surface area contributed by atoms with Gasteiger partial charge < -0.3 is 19.9 Å². The molecule has 1 aromatic carbocycles. The van der Waals surface area contributed by atoms with Crippen molar-refractivity contribution in [2.75, 3.05) is 38.2 Å². The van der Waals surface area contributed by atoms with Gasteiger partial charge in [-0.15, -0.1) is 0 Å². The van der Waals surface area contributed by atoms with Gasteiger partial charge in [-0.25, -0.2) is 4.79 Å². The number of methoxy groups -OCH3 is 1. The maximum Gasteiger partial charge on any atom is 0.317 e. The second kappa shape index (κ2) is 6.70. The van der Waals surface area contributed by atoms with Crippen LogP contribution in [-0.4, -0.2) is 50.3 Å². The number of benzene rings is 1. The summed E-state index contributed by atoms with van der Waals surface area (Å²) in [5.74, 6) is 0.890. The molecule has 2 amide bonds. The first-order valence-electron chi connectivity index (χ1n) is 7.46. The van der Waals surface area contributed by atoms with Crippen molar-refractivity contribution in [1.82, 2.24) is 10.2 Å². The molecule has 0 atom stereocenters. The molecule has 21 heavy (non-hydrogen) atoms. The fraction of sp³-hybridized carbons (Fsp3) is 0.562. The van der Waals surface area contributed by atoms with Gasteiger partial charge in [-0.1, -0.05) is 6.07 Å². The molecule has 0 bridgehead atoms. The van der Waals surface area contributed by atoms with E-state index in [2.05, 4.69) is 29.3 Å². The van der Waals surface area contributed by atoms with E-state index in [1.807, 2.05) is 24.8 Å². The predicted octanol–water partition coefficient (Wildman–Crippen LogP) is 2.24. The molecule has 116 valence electrons. The molecule has 0 unspecified atom stereocenters. The van der Waals surface area contributed by atoms with Gasteiger partial charge in [-0.3, -0.25) is 0 Å². The first-order chi connectivity index (χ1) is 10.0. The van der Waals surface area contributed by atoms with Crippen LogP contribution in [0.1, 0.15) is 19.4 Å². The Bertz CT molecular complexity index is 494. The molecule has 2 rings (SSSR count). The molecule has 0 spiro atoms. The largest absolute Gasteiger partial charge is 0.495 e. The van der Waals surface area contributed by atoms with E-state index >= 15 is 0 Å². The molecule has 1 N–H and O–H groups in total. The van der Waals surface area contributed by atoms with Crippen LogP contribution in [0.15, 0.2) is 18.2 Å². The second-order valence-electron chi connectivity index (χ2n) is 5.75. The van der Waals surface area contributed by atoms with Crippen LogP contribution in [0.5, 0.6) is 5.75 Å². The van der Waals surface area contributed by atoms with Crippen LogP contribution >= 0.6 is 0 Å². The molecule has 0 aromatic heterocycles. The first kappa shape index (κ1) is 15.5. The number of urea groups is 1. The zero-order valence-electron chi connectivity index (χ0n) is 13.3. The van der Waals surface area contributed by atoms with E-state index in [0.29, 0.717) is 0 Å². The molecule has 0 saturated carbocycles. The van der Waals surface area contributed by atoms with Gasteiger partial charge in [0.15, 0.2) is 0 Å². The number of ether oxygens (including phenoxy) is 1. The molecule has 5 nitrogen and oxygen atoms in total. The highest BCUT2D eigenvalue weighted by Gasteiger charge is 2.23. The third-order valence-electron chi connectivity index (χ3n) is 3.65. The standard InChI is InChI=1S/C16H25N3O2/c1-12(2)17-16(20)19-9-7-18(8-10-19)14-11-13(3)5-6-15(14)21-4/h5-6,11-12H,7-10H2,1-4H3,(H,17,20). The number of hydrogen-bond acceptors (Lipinski definition) is 3. The van der Waals surface area contributed by atoms with Crippen molar-refractivity contribution in [2.45, 2.75) is 26.8 Å². The lowest BCUT2D eigenvalue weighted by molar-refractivity contribution is 0.191. The summed E-state index contributed by atoms with van der Waals surface area (Å²) >= 11 is 0. The smallest absolute Gasteiger partial charge is 0.317 e. The minimum absolute atomic E-state index is 0.0286. The first-order valence-corrected chi connectivity index (χ1v) is 7.46. The third-order valence-corrected chi connectivity index (χ3v) is 3.65. The molecule has 5 heteroatoms. The van der Waals surface area contributed by atoms with Crippen LogP contribution in [0.2, 0.25) is 0 Å². The van der Waals surface area contributed by atoms with E-state index < -0.39 is 0 Å². The highest BCUT2D eigenvalue weighted by atomic mass is 16.5. The zero-order chi connectivity index (χ0) is 15.4. The molecular weight excluding hydrogens is 266 g/mol. The number of carbonyl (C=O) groups is 1. The Balaban J connectivity index is 2.01. The lowest BCUT2D eigenvalue weighted by atomic mass is 10.1. The quantitative estimate of drug-likeness (QED) is 0.929. The van der Waals surface area contributed by atoms with E-state index in [4.69, 9.17) is 4.74 Å². The lowest BCUT2D eigenvalue weighted by Gasteiger charge is -2.37. The minimum atomic E-state index is 0.0286. The Morgan fingerprint density at radius 1 is 1.24 bits per heavy atom. The molecular formula is C16H25N3O2. The van der Waals surface area contributed by atoms with Gasteiger partial charge in [0.1, 0.15) is 5.75 Å². The van der Waals surface area contributed by atoms with E-state index in [-0.39, 0.29) is 12.1 Å². The van der Waals surface area contributed by atoms with Crippen LogP contribution in [0.25, 0.3) is 0 Å². The molecule has 1 aliphatic heterocycles. The molecule has 1 saturated heterocycles. The number of nitrogens with one attached hydrogen (secondary N) is 1. The van der Waals surface area contributed by atoms with E-state index in [1.54, 1.807) is 7.11 Å². The van der Waals surface area contributed by atoms with Gasteiger partial charge in [0.05, 0.1) is 12.8 Å². The highest BCUT2D eigenvalue weighted by Crippen LogP contribution is 2.29. The number of nitrogens with zero attached hydrogens (tertiary/aromatic N) is 2. The normalized spacial score (nSPS) is 15.3. The van der Waals surface area contributed by atoms with Crippen molar-refractivity contribution >= 4 is 11.7 Å². The van der Waals surface area contributed by atoms with E-state index in [9.17, 15) is 4.79 Å². The third kappa shape index (κ3) is 3.80. The molecule has 0 radical (unpaired) electrons. The summed E-state index contributed by atoms with van der Waals surface area (Å²) < 4.78 is 5.45. The fourth-order valence-electron chi connectivity index (χ4n) is 2.54. The van der Waals surface area contributed by atoms with Crippen LogP contribution in [0.4, 0.5) is 10.5 Å². The average molecular weight is 291 g/mol. The van der Waals surface area contributed by atoms with Crippen molar-refractivity contribution in [1.29, 1.82) is 0 Å². The predicted molar refractivity (Wildman–Crippen MR) is 85.2 cm³/mol. The van der Waals surface area contributed by atoms with Gasteiger partial charge >= 0.3 is 6.03 Å². The van der Waals surface area contributed by atoms with Crippen LogP contribution in [0.3, 0.4) is 0 Å². The summed E-state index contributed by atoms with van der Waals surface area (Å²) in [6, 6.07) is 6.40. The van der Waals surface area contributed by atoms with Crippen LogP contribution in [0, 0.1) is 6.92 Å². The van der Waals surface area contributed by atoms with Crippen molar-refractivity contribution in [2.24, 2.45) is 0 Å². The SMILES string of the molecule is COc1ccc(C)cc1N1CCN(C(=O)NC(C)C)CC1. The topological polar surface area (TPSA) is 44.8 Å². The maximum atomic E-state index is 12.0. The van der Waals surface area contributed by atoms with Gasteiger partial charge in [-0.05, 0) is 38.5 Å². The second-order valence-corrected chi connectivity index (χ2v) is 5.75. The van der Waals surface area contributed by atoms with Gasteiger partial charge in [0.25, 0.3) is 0 Å². The van der Waals surface area contributed by atoms with Crippen molar-refractivity contribution in [3.8, 4) is 5.75 Å². The number of aryl methyl sites for hydroxylation is 1. The lowest BCUT2D eigenvalue weighted by Crippen LogP contribution is -2.53. The number of anilines is 1. The maximum absolute atomic E-state index is 12.0. The van der Waals surface area contributed by atoms with Gasteiger partial charge in [0, 0.05) is 32.2 Å². The Kier molecular flexibility index (Phi) is 4.94. The molecule has 1 aliphatic rings. The monoisotopic (exact) mass is 291 g/mol. The molecule has 0 aliphatic carbocycles. The number of hydrogen-bond donors (Lipinski definition) is 1. The summed E-state index contributed by atoms with van der Waals surface area (Å²) in [6.45, 7) is 9.15. The Morgan fingerprint density at radius 3 is 2.48 bits per heavy atom. The summed E-state index contributed by atoms with van der Waals surface area (Å²) in [4.78, 5) is 16.2. The number of rotatable bonds is 3. The van der Waals surface area contributed by atoms with Crippen LogP contribution in [-0.2, 0) is 0 Å². The van der Waals surface area contributed by atoms with Crippen molar-refractivity contribution < 1.29 is 9.53 Å². The van der Waals surface area contributed by atoms with Crippen molar-refractivity contribution in [3.05, 3.63) is 23.8 Å². The number of amides is 2. The summed E-state index contributed by atoms with van der Waals surface area (Å²) in [7, 11) is 1.69. The summed E-state index contributed by atoms with van der Waals surface area (Å²) in [5, 5.41) is 2.94. The minimum Gasteiger partial charge on any atom is -0.495 e. The highest BCUT2D eigenvalue weighted by molar-refractivity contribution is 5.75. The van der Waals surface area contributed by atoms with Crippen molar-refractivity contribution in [3.63, 3.8) is 0 Å². The zero-order valence-corrected chi connectivity index (χ0v) is 13.3. The Labute approximate surface area is 126 Å². The van der Waals surface area contributed by atoms with E-state index in [1.165, 1.54) is 5.56 Å². The molecule has 1 fully saturated rings. The number of carbonyl (C=O) groups excluding carboxylic acids is 1. The Hall–Kier alpha value is -1.91. The fourth-order valence-corrected chi connectivity index (χ4v) is 2.54. The van der Waals surface area contributed by atoms with Crippen LogP contribution < -0.4 is 15.0 Å². The average Bonchev–Trinajstić information content (AvgIpc) is 2.46. The summed E-state index contributed by atoms with van der Waals surface area (Å²) in [6.07, 6.45) is 0. The van der Waals surface area contributed by atoms with Gasteiger partial charge in [0.2, 0.25) is 0 Å².